The molecule has 182 valence electrons. The van der Waals surface area contributed by atoms with Gasteiger partial charge in [-0.2, -0.15) is 0 Å². The van der Waals surface area contributed by atoms with Gasteiger partial charge in [0.1, 0.15) is 18.0 Å². The average Bonchev–Trinajstić information content (AvgIpc) is 3.55. The first-order valence-corrected chi connectivity index (χ1v) is 12.7. The highest BCUT2D eigenvalue weighted by Crippen LogP contribution is 2.28. The molecule has 36 heavy (non-hydrogen) atoms. The van der Waals surface area contributed by atoms with Gasteiger partial charge in [-0.05, 0) is 60.4 Å². The molecule has 0 spiro atoms. The van der Waals surface area contributed by atoms with E-state index < -0.39 is 0 Å². The van der Waals surface area contributed by atoms with Crippen LogP contribution in [0.4, 0.5) is 10.2 Å². The number of rotatable bonds is 5. The van der Waals surface area contributed by atoms with Crippen molar-refractivity contribution in [2.75, 3.05) is 18.0 Å². The van der Waals surface area contributed by atoms with E-state index in [9.17, 15) is 9.18 Å². The Labute approximate surface area is 210 Å². The van der Waals surface area contributed by atoms with Gasteiger partial charge in [0.05, 0.1) is 33.9 Å². The number of carbonyl (C=O) groups excluding carboxylic acids is 1. The molecule has 1 fully saturated rings. The third-order valence-corrected chi connectivity index (χ3v) is 7.52. The zero-order valence-corrected chi connectivity index (χ0v) is 20.5. The zero-order valence-electron chi connectivity index (χ0n) is 19.7. The number of nitrogens with zero attached hydrogens (tertiary/aromatic N) is 6. The Balaban J connectivity index is 1.19. The summed E-state index contributed by atoms with van der Waals surface area (Å²) in [4.78, 5) is 28.4. The van der Waals surface area contributed by atoms with Crippen molar-refractivity contribution in [1.82, 2.24) is 30.0 Å². The van der Waals surface area contributed by atoms with Crippen LogP contribution in [0, 0.1) is 18.7 Å². The largest absolute Gasteiger partial charge is 0.355 e. The number of carbonyl (C=O) groups is 1. The van der Waals surface area contributed by atoms with Crippen LogP contribution >= 0.6 is 11.3 Å². The number of anilines is 1. The van der Waals surface area contributed by atoms with E-state index in [2.05, 4.69) is 36.3 Å². The van der Waals surface area contributed by atoms with E-state index in [1.807, 2.05) is 29.9 Å². The van der Waals surface area contributed by atoms with Crippen molar-refractivity contribution in [3.63, 3.8) is 0 Å². The summed E-state index contributed by atoms with van der Waals surface area (Å²) in [5.41, 5.74) is 2.57. The van der Waals surface area contributed by atoms with Gasteiger partial charge >= 0.3 is 0 Å². The Hall–Kier alpha value is -3.92. The van der Waals surface area contributed by atoms with Gasteiger partial charge in [0.2, 0.25) is 5.91 Å². The summed E-state index contributed by atoms with van der Waals surface area (Å²) >= 11 is 1.65. The van der Waals surface area contributed by atoms with Gasteiger partial charge in [0.25, 0.3) is 0 Å². The number of fused-ring (bicyclic) bond motifs is 2. The quantitative estimate of drug-likeness (QED) is 0.384. The van der Waals surface area contributed by atoms with Crippen LogP contribution in [0.5, 0.6) is 0 Å². The molecule has 1 aliphatic rings. The van der Waals surface area contributed by atoms with Crippen LogP contribution in [0.1, 0.15) is 24.1 Å². The Morgan fingerprint density at radius 1 is 1.22 bits per heavy atom. The molecule has 0 unspecified atom stereocenters. The molecule has 5 aromatic rings. The van der Waals surface area contributed by atoms with E-state index in [-0.39, 0.29) is 17.6 Å². The maximum atomic E-state index is 14.1. The van der Waals surface area contributed by atoms with Crippen LogP contribution in [-0.2, 0) is 11.3 Å². The van der Waals surface area contributed by atoms with Gasteiger partial charge in [-0.15, -0.1) is 16.4 Å². The van der Waals surface area contributed by atoms with E-state index >= 15 is 0 Å². The fourth-order valence-electron chi connectivity index (χ4n) is 4.65. The molecule has 8 nitrogen and oxygen atoms in total. The number of halogens is 1. The Morgan fingerprint density at radius 2 is 2.14 bits per heavy atom. The van der Waals surface area contributed by atoms with E-state index in [4.69, 9.17) is 0 Å². The third-order valence-electron chi connectivity index (χ3n) is 6.65. The molecule has 1 amide bonds. The number of aromatic nitrogens is 5. The fraction of sp³-hybridized carbons (Fsp3) is 0.269. The van der Waals surface area contributed by atoms with Crippen molar-refractivity contribution >= 4 is 44.2 Å². The van der Waals surface area contributed by atoms with Crippen molar-refractivity contribution in [2.45, 2.75) is 26.3 Å². The molecule has 0 aliphatic carbocycles. The average molecular weight is 502 g/mol. The Bertz CT molecular complexity index is 1580. The maximum Gasteiger partial charge on any atom is 0.225 e. The second kappa shape index (κ2) is 9.27. The standard InChI is InChI=1S/C26H24FN7OS/c1-16-4-5-20(10-22(16)27)34-14-21-24(32-34)30-15-31-25(21)33-7-2-3-18(13-33)26(35)29-11-19-9-17-6-8-36-23(17)12-28-19/h4-6,8-10,12,14-15,18H,2-3,7,11,13H2,1H3,(H,29,35)/t18-/m1/s1. The molecule has 4 aromatic heterocycles. The van der Waals surface area contributed by atoms with Crippen LogP contribution in [0.15, 0.2) is 54.4 Å². The predicted octanol–water partition coefficient (Wildman–Crippen LogP) is 4.41. The van der Waals surface area contributed by atoms with E-state index in [1.165, 1.54) is 12.4 Å². The molecule has 5 heterocycles. The Kier molecular flexibility index (Phi) is 5.80. The monoisotopic (exact) mass is 501 g/mol. The number of benzene rings is 1. The van der Waals surface area contributed by atoms with Crippen molar-refractivity contribution in [2.24, 2.45) is 5.92 Å². The molecule has 1 aromatic carbocycles. The van der Waals surface area contributed by atoms with Crippen molar-refractivity contribution in [3.05, 3.63) is 71.5 Å². The second-order valence-electron chi connectivity index (χ2n) is 9.08. The number of aryl methyl sites for hydroxylation is 1. The predicted molar refractivity (Wildman–Crippen MR) is 138 cm³/mol. The smallest absolute Gasteiger partial charge is 0.225 e. The zero-order chi connectivity index (χ0) is 24.6. The first-order valence-electron chi connectivity index (χ1n) is 11.9. The highest BCUT2D eigenvalue weighted by Gasteiger charge is 2.28. The van der Waals surface area contributed by atoms with E-state index in [1.54, 1.807) is 29.0 Å². The van der Waals surface area contributed by atoms with Crippen LogP contribution in [0.25, 0.3) is 26.8 Å². The van der Waals surface area contributed by atoms with Crippen LogP contribution in [-0.4, -0.2) is 43.7 Å². The third kappa shape index (κ3) is 4.28. The number of piperidine rings is 1. The number of hydrogen-bond donors (Lipinski definition) is 1. The van der Waals surface area contributed by atoms with Gasteiger partial charge in [0.15, 0.2) is 5.65 Å². The van der Waals surface area contributed by atoms with Gasteiger partial charge in [-0.25, -0.2) is 19.0 Å². The van der Waals surface area contributed by atoms with Crippen molar-refractivity contribution in [1.29, 1.82) is 0 Å². The molecule has 0 bridgehead atoms. The van der Waals surface area contributed by atoms with Gasteiger partial charge in [-0.3, -0.25) is 9.78 Å². The fourth-order valence-corrected chi connectivity index (χ4v) is 5.39. The van der Waals surface area contributed by atoms with E-state index in [0.29, 0.717) is 30.0 Å². The van der Waals surface area contributed by atoms with Crippen molar-refractivity contribution in [3.8, 4) is 5.69 Å². The summed E-state index contributed by atoms with van der Waals surface area (Å²) < 4.78 is 16.9. The van der Waals surface area contributed by atoms with E-state index in [0.717, 1.165) is 46.4 Å². The topological polar surface area (TPSA) is 88.8 Å². The molecular weight excluding hydrogens is 477 g/mol. The molecule has 0 saturated carbocycles. The number of hydrogen-bond acceptors (Lipinski definition) is 7. The Morgan fingerprint density at radius 3 is 3.03 bits per heavy atom. The number of amides is 1. The van der Waals surface area contributed by atoms with Crippen LogP contribution < -0.4 is 10.2 Å². The summed E-state index contributed by atoms with van der Waals surface area (Å²) in [6.07, 6.45) is 6.86. The number of pyridine rings is 1. The lowest BCUT2D eigenvalue weighted by Gasteiger charge is -2.33. The van der Waals surface area contributed by atoms with Crippen LogP contribution in [0.3, 0.4) is 0 Å². The molecular formula is C26H24FN7OS. The summed E-state index contributed by atoms with van der Waals surface area (Å²) in [5, 5.41) is 11.5. The minimum absolute atomic E-state index is 0.0167. The number of nitrogens with one attached hydrogen (secondary N) is 1. The molecule has 0 radical (unpaired) electrons. The SMILES string of the molecule is Cc1ccc(-n2cc3c(N4CCC[C@@H](C(=O)NCc5cc6ccsc6cn5)C4)ncnc3n2)cc1F. The first kappa shape index (κ1) is 22.5. The lowest BCUT2D eigenvalue weighted by atomic mass is 9.97. The van der Waals surface area contributed by atoms with Gasteiger partial charge < -0.3 is 10.2 Å². The molecule has 1 aliphatic heterocycles. The van der Waals surface area contributed by atoms with Gasteiger partial charge in [0, 0.05) is 25.5 Å². The van der Waals surface area contributed by atoms with Crippen molar-refractivity contribution < 1.29 is 9.18 Å². The summed E-state index contributed by atoms with van der Waals surface area (Å²) in [6.45, 7) is 3.47. The number of thiophene rings is 1. The molecule has 10 heteroatoms. The highest BCUT2D eigenvalue weighted by atomic mass is 32.1. The molecule has 1 atom stereocenters. The summed E-state index contributed by atoms with van der Waals surface area (Å²) in [5.74, 6) is 0.313. The minimum Gasteiger partial charge on any atom is -0.355 e. The van der Waals surface area contributed by atoms with Gasteiger partial charge in [-0.1, -0.05) is 6.07 Å². The maximum absolute atomic E-state index is 14.1. The summed E-state index contributed by atoms with van der Waals surface area (Å²) in [7, 11) is 0. The first-order chi connectivity index (χ1) is 17.5. The molecule has 1 N–H and O–H groups in total. The second-order valence-corrected chi connectivity index (χ2v) is 10.0. The molecule has 6 rings (SSSR count). The lowest BCUT2D eigenvalue weighted by Crippen LogP contribution is -2.43. The highest BCUT2D eigenvalue weighted by molar-refractivity contribution is 7.17. The lowest BCUT2D eigenvalue weighted by molar-refractivity contribution is -0.125. The molecule has 1 saturated heterocycles. The minimum atomic E-state index is -0.284. The van der Waals surface area contributed by atoms with Crippen LogP contribution in [0.2, 0.25) is 0 Å². The summed E-state index contributed by atoms with van der Waals surface area (Å²) in [6, 6.07) is 9.09. The normalized spacial score (nSPS) is 16.1.